The van der Waals surface area contributed by atoms with E-state index in [0.29, 0.717) is 12.6 Å². The summed E-state index contributed by atoms with van der Waals surface area (Å²) in [5.74, 6) is 0. The first-order chi connectivity index (χ1) is 9.69. The van der Waals surface area contributed by atoms with E-state index >= 15 is 0 Å². The number of benzene rings is 1. The highest BCUT2D eigenvalue weighted by molar-refractivity contribution is 5.24. The van der Waals surface area contributed by atoms with Crippen LogP contribution < -0.4 is 5.32 Å². The fourth-order valence-corrected chi connectivity index (χ4v) is 3.22. The molecule has 1 aromatic carbocycles. The first kappa shape index (κ1) is 15.5. The van der Waals surface area contributed by atoms with Gasteiger partial charge in [0.15, 0.2) is 0 Å². The summed E-state index contributed by atoms with van der Waals surface area (Å²) in [5, 5.41) is 13.4. The highest BCUT2D eigenvalue weighted by Gasteiger charge is 2.31. The molecule has 0 heterocycles. The zero-order chi connectivity index (χ0) is 14.4. The number of hydrogen-bond donors (Lipinski definition) is 2. The maximum absolute atomic E-state index is 9.75. The van der Waals surface area contributed by atoms with Gasteiger partial charge in [-0.2, -0.15) is 0 Å². The minimum atomic E-state index is 0.121. The molecule has 0 radical (unpaired) electrons. The van der Waals surface area contributed by atoms with Crippen LogP contribution in [0, 0.1) is 5.41 Å². The number of aliphatic hydroxyl groups excluding tert-OH is 1. The second-order valence-corrected chi connectivity index (χ2v) is 6.42. The second-order valence-electron chi connectivity index (χ2n) is 6.42. The molecule has 20 heavy (non-hydrogen) atoms. The van der Waals surface area contributed by atoms with E-state index in [1.807, 2.05) is 0 Å². The van der Waals surface area contributed by atoms with Gasteiger partial charge in [-0.15, -0.1) is 0 Å². The Balaban J connectivity index is 1.91. The Kier molecular flexibility index (Phi) is 5.62. The van der Waals surface area contributed by atoms with Crippen molar-refractivity contribution in [1.29, 1.82) is 0 Å². The van der Waals surface area contributed by atoms with Crippen LogP contribution in [0.1, 0.15) is 63.1 Å². The average Bonchev–Trinajstić information content (AvgIpc) is 2.53. The average molecular weight is 275 g/mol. The maximum Gasteiger partial charge on any atom is 0.0499 e. The van der Waals surface area contributed by atoms with Crippen LogP contribution >= 0.6 is 0 Å². The van der Waals surface area contributed by atoms with Crippen LogP contribution in [0.15, 0.2) is 24.3 Å². The van der Waals surface area contributed by atoms with Gasteiger partial charge in [0.05, 0.1) is 0 Å². The van der Waals surface area contributed by atoms with Crippen molar-refractivity contribution >= 4 is 0 Å². The van der Waals surface area contributed by atoms with Crippen molar-refractivity contribution in [3.05, 3.63) is 35.4 Å². The molecule has 1 aliphatic rings. The number of rotatable bonds is 6. The Bertz CT molecular complexity index is 392. The molecule has 1 unspecified atom stereocenters. The van der Waals surface area contributed by atoms with Crippen LogP contribution in [-0.4, -0.2) is 18.3 Å². The van der Waals surface area contributed by atoms with Crippen LogP contribution in [0.4, 0.5) is 0 Å². The summed E-state index contributed by atoms with van der Waals surface area (Å²) < 4.78 is 0. The molecule has 2 N–H and O–H groups in total. The zero-order valence-corrected chi connectivity index (χ0v) is 13.0. The Hall–Kier alpha value is -0.860. The fraction of sp³-hybridized carbons (Fsp3) is 0.667. The van der Waals surface area contributed by atoms with Gasteiger partial charge >= 0.3 is 0 Å². The zero-order valence-electron chi connectivity index (χ0n) is 13.0. The third kappa shape index (κ3) is 3.83. The van der Waals surface area contributed by atoms with E-state index in [1.54, 1.807) is 0 Å². The van der Waals surface area contributed by atoms with Gasteiger partial charge in [-0.05, 0) is 37.3 Å². The van der Waals surface area contributed by atoms with Crippen LogP contribution in [-0.2, 0) is 6.42 Å². The van der Waals surface area contributed by atoms with E-state index in [2.05, 4.69) is 43.4 Å². The maximum atomic E-state index is 9.75. The molecule has 0 amide bonds. The lowest BCUT2D eigenvalue weighted by Gasteiger charge is -2.36. The normalized spacial score (nSPS) is 19.8. The van der Waals surface area contributed by atoms with Crippen LogP contribution in [0.3, 0.4) is 0 Å². The first-order valence-electron chi connectivity index (χ1n) is 8.12. The van der Waals surface area contributed by atoms with Gasteiger partial charge in [-0.25, -0.2) is 0 Å². The van der Waals surface area contributed by atoms with Crippen LogP contribution in [0.2, 0.25) is 0 Å². The van der Waals surface area contributed by atoms with Crippen molar-refractivity contribution in [3.8, 4) is 0 Å². The monoisotopic (exact) mass is 275 g/mol. The van der Waals surface area contributed by atoms with Crippen LogP contribution in [0.25, 0.3) is 0 Å². The van der Waals surface area contributed by atoms with E-state index < -0.39 is 0 Å². The fourth-order valence-electron chi connectivity index (χ4n) is 3.22. The van der Waals surface area contributed by atoms with Crippen molar-refractivity contribution in [1.82, 2.24) is 5.32 Å². The van der Waals surface area contributed by atoms with Gasteiger partial charge in [-0.1, -0.05) is 50.5 Å². The van der Waals surface area contributed by atoms with Crippen molar-refractivity contribution in [2.75, 3.05) is 13.2 Å². The molecule has 1 fully saturated rings. The molecule has 0 bridgehead atoms. The van der Waals surface area contributed by atoms with Gasteiger partial charge in [-0.3, -0.25) is 0 Å². The van der Waals surface area contributed by atoms with Crippen molar-refractivity contribution in [3.63, 3.8) is 0 Å². The highest BCUT2D eigenvalue weighted by atomic mass is 16.3. The first-order valence-corrected chi connectivity index (χ1v) is 8.12. The van der Waals surface area contributed by atoms with E-state index in [-0.39, 0.29) is 5.41 Å². The van der Waals surface area contributed by atoms with E-state index in [0.717, 1.165) is 25.8 Å². The Morgan fingerprint density at radius 1 is 1.15 bits per heavy atom. The standard InChI is InChI=1S/C18H29NO/c1-3-16-7-9-17(10-8-16)15(2)19-13-18(14-20)11-5-4-6-12-18/h7-10,15,19-20H,3-6,11-14H2,1-2H3. The van der Waals surface area contributed by atoms with Gasteiger partial charge in [0.1, 0.15) is 0 Å². The molecule has 0 aromatic heterocycles. The Morgan fingerprint density at radius 2 is 1.80 bits per heavy atom. The van der Waals surface area contributed by atoms with Crippen molar-refractivity contribution in [2.24, 2.45) is 5.41 Å². The van der Waals surface area contributed by atoms with E-state index in [4.69, 9.17) is 0 Å². The van der Waals surface area contributed by atoms with Crippen molar-refractivity contribution < 1.29 is 5.11 Å². The lowest BCUT2D eigenvalue weighted by atomic mass is 9.74. The second kappa shape index (κ2) is 7.24. The molecule has 2 nitrogen and oxygen atoms in total. The van der Waals surface area contributed by atoms with Gasteiger partial charge in [0, 0.05) is 24.6 Å². The largest absolute Gasteiger partial charge is 0.396 e. The molecular formula is C18H29NO. The molecule has 1 aliphatic carbocycles. The van der Waals surface area contributed by atoms with E-state index in [1.165, 1.54) is 30.4 Å². The number of nitrogens with one attached hydrogen (secondary N) is 1. The summed E-state index contributed by atoms with van der Waals surface area (Å²) in [6.45, 7) is 5.65. The summed E-state index contributed by atoms with van der Waals surface area (Å²) in [6.07, 6.45) is 7.28. The lowest BCUT2D eigenvalue weighted by Crippen LogP contribution is -2.39. The molecule has 0 spiro atoms. The molecular weight excluding hydrogens is 246 g/mol. The van der Waals surface area contributed by atoms with Gasteiger partial charge in [0.2, 0.25) is 0 Å². The quantitative estimate of drug-likeness (QED) is 0.826. The minimum absolute atomic E-state index is 0.121. The molecule has 2 rings (SSSR count). The minimum Gasteiger partial charge on any atom is -0.396 e. The highest BCUT2D eigenvalue weighted by Crippen LogP contribution is 2.35. The third-order valence-electron chi connectivity index (χ3n) is 4.92. The molecule has 2 heteroatoms. The smallest absolute Gasteiger partial charge is 0.0499 e. The van der Waals surface area contributed by atoms with E-state index in [9.17, 15) is 5.11 Å². The predicted octanol–water partition coefficient (Wildman–Crippen LogP) is 3.84. The summed E-state index contributed by atoms with van der Waals surface area (Å²) in [6, 6.07) is 9.24. The van der Waals surface area contributed by atoms with Gasteiger partial charge in [0.25, 0.3) is 0 Å². The summed E-state index contributed by atoms with van der Waals surface area (Å²) in [4.78, 5) is 0. The molecule has 1 saturated carbocycles. The Morgan fingerprint density at radius 3 is 2.35 bits per heavy atom. The lowest BCUT2D eigenvalue weighted by molar-refractivity contribution is 0.0789. The Labute approximate surface area is 123 Å². The molecule has 0 aliphatic heterocycles. The number of aliphatic hydroxyl groups is 1. The molecule has 1 atom stereocenters. The van der Waals surface area contributed by atoms with Crippen molar-refractivity contribution in [2.45, 2.75) is 58.4 Å². The summed E-state index contributed by atoms with van der Waals surface area (Å²) >= 11 is 0. The number of hydrogen-bond acceptors (Lipinski definition) is 2. The number of aryl methyl sites for hydroxylation is 1. The van der Waals surface area contributed by atoms with Crippen LogP contribution in [0.5, 0.6) is 0 Å². The summed E-state index contributed by atoms with van der Waals surface area (Å²) in [7, 11) is 0. The molecule has 0 saturated heterocycles. The topological polar surface area (TPSA) is 32.3 Å². The summed E-state index contributed by atoms with van der Waals surface area (Å²) in [5.41, 5.74) is 2.85. The molecule has 1 aromatic rings. The predicted molar refractivity (Wildman–Crippen MR) is 84.8 cm³/mol. The van der Waals surface area contributed by atoms with Gasteiger partial charge < -0.3 is 10.4 Å². The molecule has 112 valence electrons. The third-order valence-corrected chi connectivity index (χ3v) is 4.92. The SMILES string of the molecule is CCc1ccc(C(C)NCC2(CO)CCCCC2)cc1.